The molecule has 7 nitrogen and oxygen atoms in total. The molecular weight excluding hydrogens is 318 g/mol. The Kier molecular flexibility index (Phi) is 4.50. The lowest BCUT2D eigenvalue weighted by atomic mass is 10.1. The van der Waals surface area contributed by atoms with E-state index in [0.29, 0.717) is 13.2 Å². The summed E-state index contributed by atoms with van der Waals surface area (Å²) < 4.78 is 7.61. The molecule has 0 unspecified atom stereocenters. The molecule has 2 aliphatic heterocycles. The third-order valence-electron chi connectivity index (χ3n) is 5.09. The van der Waals surface area contributed by atoms with Gasteiger partial charge in [0.05, 0.1) is 25.3 Å². The maximum atomic E-state index is 13.0. The summed E-state index contributed by atoms with van der Waals surface area (Å²) in [6.45, 7) is 5.56. The van der Waals surface area contributed by atoms with Crippen LogP contribution in [-0.4, -0.2) is 64.0 Å². The molecule has 4 rings (SSSR count). The molecule has 2 aliphatic rings. The number of anilines is 1. The van der Waals surface area contributed by atoms with Crippen molar-refractivity contribution in [2.24, 2.45) is 0 Å². The summed E-state index contributed by atoms with van der Waals surface area (Å²) in [5.74, 6) is 0.173. The fraction of sp³-hybridized carbons (Fsp3) is 0.500. The highest BCUT2D eigenvalue weighted by molar-refractivity contribution is 5.98. The molecule has 0 spiro atoms. The maximum Gasteiger partial charge on any atom is 0.244 e. The zero-order chi connectivity index (χ0) is 17.2. The molecule has 0 radical (unpaired) electrons. The van der Waals surface area contributed by atoms with E-state index in [-0.39, 0.29) is 18.1 Å². The van der Waals surface area contributed by atoms with E-state index in [1.807, 2.05) is 30.0 Å². The van der Waals surface area contributed by atoms with Crippen molar-refractivity contribution in [1.82, 2.24) is 19.7 Å². The highest BCUT2D eigenvalue weighted by Crippen LogP contribution is 2.28. The number of morpholine rings is 1. The molecule has 132 valence electrons. The zero-order valence-corrected chi connectivity index (χ0v) is 14.4. The first-order chi connectivity index (χ1) is 12.2. The van der Waals surface area contributed by atoms with Crippen LogP contribution in [0, 0.1) is 0 Å². The maximum absolute atomic E-state index is 13.0. The van der Waals surface area contributed by atoms with Crippen molar-refractivity contribution in [3.8, 4) is 0 Å². The number of rotatable bonds is 4. The van der Waals surface area contributed by atoms with E-state index in [1.54, 1.807) is 11.0 Å². The van der Waals surface area contributed by atoms with Crippen LogP contribution in [0.5, 0.6) is 0 Å². The average Bonchev–Trinajstić information content (AvgIpc) is 3.30. The molecular formula is C18H23N5O2. The number of nitrogens with zero attached hydrogens (tertiary/aromatic N) is 5. The number of ether oxygens (including phenoxy) is 1. The minimum atomic E-state index is -0.159. The molecule has 1 aromatic heterocycles. The van der Waals surface area contributed by atoms with Crippen LogP contribution in [0.4, 0.5) is 5.69 Å². The van der Waals surface area contributed by atoms with Gasteiger partial charge in [0.2, 0.25) is 5.91 Å². The number of hydrogen-bond acceptors (Lipinski definition) is 5. The first-order valence-corrected chi connectivity index (χ1v) is 8.80. The normalized spacial score (nSPS) is 22.0. The number of aromatic nitrogens is 3. The lowest BCUT2D eigenvalue weighted by molar-refractivity contribution is -0.126. The van der Waals surface area contributed by atoms with Gasteiger partial charge >= 0.3 is 0 Å². The van der Waals surface area contributed by atoms with Crippen LogP contribution < -0.4 is 4.90 Å². The van der Waals surface area contributed by atoms with Gasteiger partial charge in [-0.25, -0.2) is 4.98 Å². The SMILES string of the molecule is C[C@@H](C(=O)N1CCc2ccccc21)N1CCO[C@@H](Cn2cncn2)C1. The standard InChI is InChI=1S/C18H23N5O2/c1-14(18(24)23-7-6-15-4-2-3-5-17(15)23)21-8-9-25-16(10-21)11-22-13-19-12-20-22/h2-5,12-14,16H,6-11H2,1H3/t14-,16+/m0/s1. The molecule has 0 saturated carbocycles. The molecule has 1 amide bonds. The lowest BCUT2D eigenvalue weighted by Crippen LogP contribution is -2.53. The highest BCUT2D eigenvalue weighted by atomic mass is 16.5. The summed E-state index contributed by atoms with van der Waals surface area (Å²) in [6.07, 6.45) is 4.18. The molecule has 0 aliphatic carbocycles. The molecule has 2 aromatic rings. The second kappa shape index (κ2) is 6.93. The van der Waals surface area contributed by atoms with E-state index in [0.717, 1.165) is 31.7 Å². The number of benzene rings is 1. The van der Waals surface area contributed by atoms with Crippen molar-refractivity contribution in [1.29, 1.82) is 0 Å². The van der Waals surface area contributed by atoms with Crippen molar-refractivity contribution in [2.75, 3.05) is 31.1 Å². The Hall–Kier alpha value is -2.25. The molecule has 2 atom stereocenters. The molecule has 1 fully saturated rings. The summed E-state index contributed by atoms with van der Waals surface area (Å²) in [5.41, 5.74) is 2.32. The van der Waals surface area contributed by atoms with E-state index in [2.05, 4.69) is 21.0 Å². The van der Waals surface area contributed by atoms with Gasteiger partial charge in [-0.15, -0.1) is 0 Å². The smallest absolute Gasteiger partial charge is 0.244 e. The third-order valence-corrected chi connectivity index (χ3v) is 5.09. The fourth-order valence-electron chi connectivity index (χ4n) is 3.69. The number of hydrogen-bond donors (Lipinski definition) is 0. The van der Waals surface area contributed by atoms with E-state index < -0.39 is 0 Å². The van der Waals surface area contributed by atoms with Gasteiger partial charge in [0.1, 0.15) is 12.7 Å². The van der Waals surface area contributed by atoms with Crippen molar-refractivity contribution >= 4 is 11.6 Å². The Morgan fingerprint density at radius 2 is 2.24 bits per heavy atom. The third kappa shape index (κ3) is 3.29. The second-order valence-electron chi connectivity index (χ2n) is 6.65. The van der Waals surface area contributed by atoms with Gasteiger partial charge in [-0.05, 0) is 25.0 Å². The van der Waals surface area contributed by atoms with Crippen LogP contribution in [-0.2, 0) is 22.5 Å². The average molecular weight is 341 g/mol. The largest absolute Gasteiger partial charge is 0.374 e. The summed E-state index contributed by atoms with van der Waals surface area (Å²) >= 11 is 0. The van der Waals surface area contributed by atoms with E-state index in [4.69, 9.17) is 4.74 Å². The van der Waals surface area contributed by atoms with Gasteiger partial charge in [-0.1, -0.05) is 18.2 Å². The zero-order valence-electron chi connectivity index (χ0n) is 14.4. The van der Waals surface area contributed by atoms with Gasteiger partial charge < -0.3 is 9.64 Å². The molecule has 0 bridgehead atoms. The van der Waals surface area contributed by atoms with Gasteiger partial charge in [-0.3, -0.25) is 14.4 Å². The van der Waals surface area contributed by atoms with E-state index in [1.165, 1.54) is 11.9 Å². The number of amides is 1. The van der Waals surface area contributed by atoms with Gasteiger partial charge in [0.25, 0.3) is 0 Å². The molecule has 0 N–H and O–H groups in total. The van der Waals surface area contributed by atoms with Crippen molar-refractivity contribution < 1.29 is 9.53 Å². The van der Waals surface area contributed by atoms with Gasteiger partial charge in [0, 0.05) is 25.3 Å². The predicted molar refractivity (Wildman–Crippen MR) is 93.3 cm³/mol. The lowest BCUT2D eigenvalue weighted by Gasteiger charge is -2.37. The van der Waals surface area contributed by atoms with Gasteiger partial charge in [-0.2, -0.15) is 5.10 Å². The summed E-state index contributed by atoms with van der Waals surface area (Å²) in [5, 5.41) is 4.14. The number of para-hydroxylation sites is 1. The van der Waals surface area contributed by atoms with Gasteiger partial charge in [0.15, 0.2) is 0 Å². The first kappa shape index (κ1) is 16.2. The van der Waals surface area contributed by atoms with Crippen LogP contribution in [0.3, 0.4) is 0 Å². The Balaban J connectivity index is 1.42. The quantitative estimate of drug-likeness (QED) is 0.829. The summed E-state index contributed by atoms with van der Waals surface area (Å²) in [6, 6.07) is 8.02. The highest BCUT2D eigenvalue weighted by Gasteiger charge is 2.33. The summed E-state index contributed by atoms with van der Waals surface area (Å²) in [7, 11) is 0. The number of fused-ring (bicyclic) bond motifs is 1. The minimum Gasteiger partial charge on any atom is -0.374 e. The Morgan fingerprint density at radius 3 is 3.08 bits per heavy atom. The Labute approximate surface area is 147 Å². The van der Waals surface area contributed by atoms with Crippen molar-refractivity contribution in [2.45, 2.75) is 32.0 Å². The molecule has 1 saturated heterocycles. The van der Waals surface area contributed by atoms with Crippen LogP contribution in [0.1, 0.15) is 12.5 Å². The Bertz CT molecular complexity index is 733. The van der Waals surface area contributed by atoms with Crippen LogP contribution in [0.15, 0.2) is 36.9 Å². The van der Waals surface area contributed by atoms with Crippen LogP contribution >= 0.6 is 0 Å². The van der Waals surface area contributed by atoms with Crippen LogP contribution in [0.2, 0.25) is 0 Å². The predicted octanol–water partition coefficient (Wildman–Crippen LogP) is 0.957. The monoisotopic (exact) mass is 341 g/mol. The van der Waals surface area contributed by atoms with E-state index >= 15 is 0 Å². The van der Waals surface area contributed by atoms with Crippen molar-refractivity contribution in [3.63, 3.8) is 0 Å². The molecule has 7 heteroatoms. The topological polar surface area (TPSA) is 63.5 Å². The summed E-state index contributed by atoms with van der Waals surface area (Å²) in [4.78, 5) is 21.2. The van der Waals surface area contributed by atoms with Crippen molar-refractivity contribution in [3.05, 3.63) is 42.5 Å². The minimum absolute atomic E-state index is 0.0246. The molecule has 25 heavy (non-hydrogen) atoms. The Morgan fingerprint density at radius 1 is 1.36 bits per heavy atom. The fourth-order valence-corrected chi connectivity index (χ4v) is 3.69. The second-order valence-corrected chi connectivity index (χ2v) is 6.65. The van der Waals surface area contributed by atoms with Crippen LogP contribution in [0.25, 0.3) is 0 Å². The molecule has 1 aromatic carbocycles. The number of carbonyl (C=O) groups excluding carboxylic acids is 1. The molecule has 3 heterocycles. The number of carbonyl (C=O) groups is 1. The van der Waals surface area contributed by atoms with E-state index in [9.17, 15) is 4.79 Å². The first-order valence-electron chi connectivity index (χ1n) is 8.80.